The molecule has 0 aliphatic carbocycles. The molecule has 0 aromatic heterocycles. The quantitative estimate of drug-likeness (QED) is 0.586. The Morgan fingerprint density at radius 1 is 1.05 bits per heavy atom. The summed E-state index contributed by atoms with van der Waals surface area (Å²) in [7, 11) is 0. The van der Waals surface area contributed by atoms with Gasteiger partial charge in [-0.2, -0.15) is 0 Å². The number of nitrogens with one attached hydrogen (secondary N) is 1. The topological polar surface area (TPSA) is 32.3 Å². The fourth-order valence-corrected chi connectivity index (χ4v) is 3.03. The van der Waals surface area contributed by atoms with E-state index in [1.54, 1.807) is 0 Å². The standard InChI is InChI=1S/C17H34N2O/c1-3-5-6-7-8-9-10-11-14-19-15-12-13-16(17(19)20)18-4-2/h16,18H,3-15H2,1-2H3. The number of rotatable bonds is 11. The molecule has 1 unspecified atom stereocenters. The lowest BCUT2D eigenvalue weighted by Gasteiger charge is -2.32. The molecule has 0 aromatic rings. The highest BCUT2D eigenvalue weighted by atomic mass is 16.2. The van der Waals surface area contributed by atoms with Crippen LogP contribution in [0, 0.1) is 0 Å². The summed E-state index contributed by atoms with van der Waals surface area (Å²) in [5.41, 5.74) is 0. The van der Waals surface area contributed by atoms with Gasteiger partial charge in [0.2, 0.25) is 5.91 Å². The van der Waals surface area contributed by atoms with Crippen molar-refractivity contribution in [2.24, 2.45) is 0 Å². The number of carbonyl (C=O) groups is 1. The molecular weight excluding hydrogens is 248 g/mol. The van der Waals surface area contributed by atoms with Crippen LogP contribution in [0.15, 0.2) is 0 Å². The molecule has 1 N–H and O–H groups in total. The molecule has 1 atom stereocenters. The lowest BCUT2D eigenvalue weighted by Crippen LogP contribution is -2.50. The number of nitrogens with zero attached hydrogens (tertiary/aromatic N) is 1. The van der Waals surface area contributed by atoms with Crippen LogP contribution in [-0.4, -0.2) is 36.5 Å². The summed E-state index contributed by atoms with van der Waals surface area (Å²) in [4.78, 5) is 14.3. The van der Waals surface area contributed by atoms with Gasteiger partial charge >= 0.3 is 0 Å². The zero-order valence-corrected chi connectivity index (χ0v) is 13.6. The molecule has 1 saturated heterocycles. The minimum absolute atomic E-state index is 0.0859. The van der Waals surface area contributed by atoms with Crippen molar-refractivity contribution in [3.63, 3.8) is 0 Å². The van der Waals surface area contributed by atoms with Crippen molar-refractivity contribution in [1.82, 2.24) is 10.2 Å². The van der Waals surface area contributed by atoms with Crippen molar-refractivity contribution in [2.45, 2.75) is 84.1 Å². The Kier molecular flexibility index (Phi) is 9.73. The molecule has 3 nitrogen and oxygen atoms in total. The first-order valence-corrected chi connectivity index (χ1v) is 8.81. The molecule has 0 bridgehead atoms. The van der Waals surface area contributed by atoms with Gasteiger partial charge < -0.3 is 10.2 Å². The molecule has 0 saturated carbocycles. The molecule has 0 spiro atoms. The maximum absolute atomic E-state index is 12.2. The largest absolute Gasteiger partial charge is 0.341 e. The van der Waals surface area contributed by atoms with Crippen LogP contribution >= 0.6 is 0 Å². The Morgan fingerprint density at radius 3 is 2.35 bits per heavy atom. The van der Waals surface area contributed by atoms with Crippen LogP contribution in [0.1, 0.15) is 78.1 Å². The molecule has 0 aromatic carbocycles. The van der Waals surface area contributed by atoms with Crippen LogP contribution in [0.25, 0.3) is 0 Å². The highest BCUT2D eigenvalue weighted by Crippen LogP contribution is 2.14. The predicted molar refractivity (Wildman–Crippen MR) is 85.9 cm³/mol. The number of likely N-dealkylation sites (N-methyl/N-ethyl adjacent to an activating group) is 1. The maximum atomic E-state index is 12.2. The highest BCUT2D eigenvalue weighted by molar-refractivity contribution is 5.82. The number of hydrogen-bond donors (Lipinski definition) is 1. The third-order valence-corrected chi connectivity index (χ3v) is 4.26. The Morgan fingerprint density at radius 2 is 1.70 bits per heavy atom. The molecule has 3 heteroatoms. The summed E-state index contributed by atoms with van der Waals surface area (Å²) in [6.45, 7) is 7.16. The lowest BCUT2D eigenvalue weighted by molar-refractivity contribution is -0.136. The van der Waals surface area contributed by atoms with Crippen LogP contribution < -0.4 is 5.32 Å². The molecule has 1 aliphatic rings. The minimum Gasteiger partial charge on any atom is -0.341 e. The summed E-state index contributed by atoms with van der Waals surface area (Å²) < 4.78 is 0. The Labute approximate surface area is 125 Å². The lowest BCUT2D eigenvalue weighted by atomic mass is 10.0. The minimum atomic E-state index is 0.0859. The number of hydrogen-bond acceptors (Lipinski definition) is 2. The van der Waals surface area contributed by atoms with E-state index in [-0.39, 0.29) is 6.04 Å². The first kappa shape index (κ1) is 17.5. The van der Waals surface area contributed by atoms with E-state index in [0.717, 1.165) is 32.5 Å². The van der Waals surface area contributed by atoms with Crippen molar-refractivity contribution in [2.75, 3.05) is 19.6 Å². The SMILES string of the molecule is CCCCCCCCCCN1CCCC(NCC)C1=O. The molecule has 20 heavy (non-hydrogen) atoms. The average Bonchev–Trinajstić information content (AvgIpc) is 2.45. The fourth-order valence-electron chi connectivity index (χ4n) is 3.03. The Bertz CT molecular complexity index is 253. The first-order chi connectivity index (χ1) is 9.79. The van der Waals surface area contributed by atoms with E-state index in [1.807, 2.05) is 0 Å². The van der Waals surface area contributed by atoms with Crippen molar-refractivity contribution in [3.05, 3.63) is 0 Å². The highest BCUT2D eigenvalue weighted by Gasteiger charge is 2.27. The van der Waals surface area contributed by atoms with Crippen LogP contribution in [0.5, 0.6) is 0 Å². The number of unbranched alkanes of at least 4 members (excludes halogenated alkanes) is 7. The van der Waals surface area contributed by atoms with E-state index in [9.17, 15) is 4.79 Å². The molecule has 0 radical (unpaired) electrons. The van der Waals surface area contributed by atoms with Crippen molar-refractivity contribution >= 4 is 5.91 Å². The van der Waals surface area contributed by atoms with Gasteiger partial charge in [0.05, 0.1) is 6.04 Å². The van der Waals surface area contributed by atoms with E-state index in [0.29, 0.717) is 5.91 Å². The van der Waals surface area contributed by atoms with E-state index in [4.69, 9.17) is 0 Å². The van der Waals surface area contributed by atoms with Crippen LogP contribution in [0.3, 0.4) is 0 Å². The Hall–Kier alpha value is -0.570. The summed E-state index contributed by atoms with van der Waals surface area (Å²) in [6, 6.07) is 0.0859. The van der Waals surface area contributed by atoms with Gasteiger partial charge in [0.1, 0.15) is 0 Å². The van der Waals surface area contributed by atoms with Crippen molar-refractivity contribution in [1.29, 1.82) is 0 Å². The maximum Gasteiger partial charge on any atom is 0.239 e. The molecule has 1 rings (SSSR count). The number of amides is 1. The van der Waals surface area contributed by atoms with Gasteiger partial charge in [0.25, 0.3) is 0 Å². The zero-order chi connectivity index (χ0) is 14.6. The second-order valence-electron chi connectivity index (χ2n) is 6.05. The summed E-state index contributed by atoms with van der Waals surface area (Å²) in [5.74, 6) is 0.334. The fraction of sp³-hybridized carbons (Fsp3) is 0.941. The summed E-state index contributed by atoms with van der Waals surface area (Å²) in [5, 5.41) is 3.30. The van der Waals surface area contributed by atoms with Gasteiger partial charge in [-0.15, -0.1) is 0 Å². The van der Waals surface area contributed by atoms with E-state index in [1.165, 1.54) is 51.4 Å². The number of piperidine rings is 1. The Balaban J connectivity index is 2.04. The molecule has 1 aliphatic heterocycles. The number of carbonyl (C=O) groups excluding carboxylic acids is 1. The van der Waals surface area contributed by atoms with Crippen LogP contribution in [0.2, 0.25) is 0 Å². The molecule has 118 valence electrons. The monoisotopic (exact) mass is 282 g/mol. The average molecular weight is 282 g/mol. The van der Waals surface area contributed by atoms with Crippen molar-refractivity contribution in [3.8, 4) is 0 Å². The second kappa shape index (κ2) is 11.1. The molecular formula is C17H34N2O. The van der Waals surface area contributed by atoms with E-state index < -0.39 is 0 Å². The van der Waals surface area contributed by atoms with Crippen molar-refractivity contribution < 1.29 is 4.79 Å². The molecule has 1 heterocycles. The van der Waals surface area contributed by atoms with Crippen LogP contribution in [-0.2, 0) is 4.79 Å². The predicted octanol–water partition coefficient (Wildman–Crippen LogP) is 3.73. The van der Waals surface area contributed by atoms with Gasteiger partial charge in [-0.1, -0.05) is 58.8 Å². The molecule has 1 fully saturated rings. The van der Waals surface area contributed by atoms with E-state index in [2.05, 4.69) is 24.1 Å². The second-order valence-corrected chi connectivity index (χ2v) is 6.05. The van der Waals surface area contributed by atoms with Gasteiger partial charge in [0, 0.05) is 13.1 Å². The van der Waals surface area contributed by atoms with Gasteiger partial charge in [-0.25, -0.2) is 0 Å². The smallest absolute Gasteiger partial charge is 0.239 e. The van der Waals surface area contributed by atoms with Gasteiger partial charge in [-0.3, -0.25) is 4.79 Å². The third-order valence-electron chi connectivity index (χ3n) is 4.26. The number of likely N-dealkylation sites (tertiary alicyclic amines) is 1. The zero-order valence-electron chi connectivity index (χ0n) is 13.6. The first-order valence-electron chi connectivity index (χ1n) is 8.81. The van der Waals surface area contributed by atoms with Gasteiger partial charge in [-0.05, 0) is 25.8 Å². The van der Waals surface area contributed by atoms with Gasteiger partial charge in [0.15, 0.2) is 0 Å². The molecule has 1 amide bonds. The van der Waals surface area contributed by atoms with E-state index >= 15 is 0 Å². The van der Waals surface area contributed by atoms with Crippen LogP contribution in [0.4, 0.5) is 0 Å². The normalized spacial score (nSPS) is 19.6. The summed E-state index contributed by atoms with van der Waals surface area (Å²) in [6.07, 6.45) is 12.8. The third kappa shape index (κ3) is 6.74. The summed E-state index contributed by atoms with van der Waals surface area (Å²) >= 11 is 0.